The van der Waals surface area contributed by atoms with E-state index in [9.17, 15) is 4.79 Å². The fourth-order valence-corrected chi connectivity index (χ4v) is 4.70. The summed E-state index contributed by atoms with van der Waals surface area (Å²) < 4.78 is 8.57. The molecule has 2 aliphatic rings. The molecule has 0 spiro atoms. The topological polar surface area (TPSA) is 94.9 Å². The third kappa shape index (κ3) is 2.72. The summed E-state index contributed by atoms with van der Waals surface area (Å²) in [5.41, 5.74) is 1.90. The van der Waals surface area contributed by atoms with Gasteiger partial charge in [0.1, 0.15) is 12.9 Å². The molecule has 10 heteroatoms. The van der Waals surface area contributed by atoms with Gasteiger partial charge in [-0.15, -0.1) is 0 Å². The molecule has 4 heterocycles. The molecule has 0 radical (unpaired) electrons. The van der Waals surface area contributed by atoms with Crippen LogP contribution in [0.15, 0.2) is 46.2 Å². The molecule has 152 valence electrons. The highest BCUT2D eigenvalue weighted by atomic mass is 35.5. The summed E-state index contributed by atoms with van der Waals surface area (Å²) in [6.07, 6.45) is 3.05. The quantitative estimate of drug-likeness (QED) is 0.495. The van der Waals surface area contributed by atoms with E-state index < -0.39 is 0 Å². The van der Waals surface area contributed by atoms with Gasteiger partial charge in [0.25, 0.3) is 5.56 Å². The molecule has 0 bridgehead atoms. The van der Waals surface area contributed by atoms with Gasteiger partial charge in [0.05, 0.1) is 6.33 Å². The molecule has 1 aromatic carbocycles. The molecule has 6 rings (SSSR count). The largest absolute Gasteiger partial charge is 0.371 e. The zero-order chi connectivity index (χ0) is 20.4. The number of nitrogens with zero attached hydrogens (tertiary/aromatic N) is 7. The van der Waals surface area contributed by atoms with Crippen LogP contribution in [0, 0.1) is 11.8 Å². The Morgan fingerprint density at radius 3 is 2.63 bits per heavy atom. The molecular formula is C20H18ClN7O2. The fraction of sp³-hybridized carbons (Fsp3) is 0.350. The van der Waals surface area contributed by atoms with Crippen LogP contribution in [-0.2, 0) is 13.6 Å². The second-order valence-electron chi connectivity index (χ2n) is 7.99. The lowest BCUT2D eigenvalue weighted by atomic mass is 10.2. The van der Waals surface area contributed by atoms with Gasteiger partial charge in [-0.1, -0.05) is 16.8 Å². The lowest BCUT2D eigenvalue weighted by molar-refractivity contribution is 0.363. The van der Waals surface area contributed by atoms with Gasteiger partial charge < -0.3 is 14.0 Å². The van der Waals surface area contributed by atoms with Crippen molar-refractivity contribution in [3.05, 3.63) is 64.0 Å². The first-order valence-corrected chi connectivity index (χ1v) is 10.2. The van der Waals surface area contributed by atoms with Gasteiger partial charge in [-0.2, -0.15) is 4.98 Å². The molecule has 1 saturated carbocycles. The summed E-state index contributed by atoms with van der Waals surface area (Å²) in [7, 11) is 1.77. The minimum Gasteiger partial charge on any atom is -0.371 e. The number of rotatable bonds is 4. The standard InChI is InChI=1S/C20H18ClN7O2/c1-26-9-22-19-17(26)20(29)28(10-23-19)8-15-24-18(25-30-15)16-13-6-27(7-14(13)16)12-4-2-11(21)3-5-12/h2-5,9-10,13-14,16H,6-8H2,1H3. The number of hydrogen-bond acceptors (Lipinski definition) is 7. The minimum atomic E-state index is -0.179. The van der Waals surface area contributed by atoms with E-state index in [1.807, 2.05) is 12.1 Å². The maximum absolute atomic E-state index is 12.7. The highest BCUT2D eigenvalue weighted by Gasteiger charge is 2.58. The van der Waals surface area contributed by atoms with E-state index in [1.165, 1.54) is 16.6 Å². The van der Waals surface area contributed by atoms with Gasteiger partial charge in [0.2, 0.25) is 5.89 Å². The molecule has 0 amide bonds. The number of fused-ring (bicyclic) bond motifs is 2. The predicted molar refractivity (Wildman–Crippen MR) is 110 cm³/mol. The molecule has 4 aromatic rings. The molecule has 30 heavy (non-hydrogen) atoms. The van der Waals surface area contributed by atoms with Crippen molar-refractivity contribution in [2.75, 3.05) is 18.0 Å². The Hall–Kier alpha value is -3.20. The van der Waals surface area contributed by atoms with Gasteiger partial charge in [0.15, 0.2) is 17.0 Å². The zero-order valence-corrected chi connectivity index (χ0v) is 16.9. The van der Waals surface area contributed by atoms with Gasteiger partial charge in [-0.25, -0.2) is 9.97 Å². The highest BCUT2D eigenvalue weighted by Crippen LogP contribution is 2.57. The van der Waals surface area contributed by atoms with Crippen LogP contribution in [-0.4, -0.2) is 42.3 Å². The second kappa shape index (κ2) is 6.40. The number of imidazole rings is 1. The summed E-state index contributed by atoms with van der Waals surface area (Å²) >= 11 is 5.98. The number of hydrogen-bond donors (Lipinski definition) is 0. The Morgan fingerprint density at radius 2 is 1.87 bits per heavy atom. The highest BCUT2D eigenvalue weighted by molar-refractivity contribution is 6.30. The normalized spacial score (nSPS) is 22.6. The average molecular weight is 424 g/mol. The molecule has 3 aromatic heterocycles. The van der Waals surface area contributed by atoms with Crippen molar-refractivity contribution < 1.29 is 4.52 Å². The summed E-state index contributed by atoms with van der Waals surface area (Å²) in [4.78, 5) is 28.0. The predicted octanol–water partition coefficient (Wildman–Crippen LogP) is 2.06. The Morgan fingerprint density at radius 1 is 1.13 bits per heavy atom. The summed E-state index contributed by atoms with van der Waals surface area (Å²) in [5.74, 6) is 2.52. The fourth-order valence-electron chi connectivity index (χ4n) is 4.57. The van der Waals surface area contributed by atoms with Crippen LogP contribution in [0.3, 0.4) is 0 Å². The molecule has 1 aliphatic carbocycles. The molecule has 0 N–H and O–H groups in total. The lowest BCUT2D eigenvalue weighted by Crippen LogP contribution is -2.23. The zero-order valence-electron chi connectivity index (χ0n) is 16.1. The molecule has 1 aliphatic heterocycles. The van der Waals surface area contributed by atoms with Gasteiger partial charge in [-0.05, 0) is 36.1 Å². The molecule has 2 fully saturated rings. The minimum absolute atomic E-state index is 0.179. The van der Waals surface area contributed by atoms with E-state index in [-0.39, 0.29) is 12.1 Å². The molecular weight excluding hydrogens is 406 g/mol. The van der Waals surface area contributed by atoms with E-state index in [0.717, 1.165) is 23.9 Å². The van der Waals surface area contributed by atoms with Crippen molar-refractivity contribution in [1.29, 1.82) is 0 Å². The van der Waals surface area contributed by atoms with Crippen molar-refractivity contribution in [3.8, 4) is 0 Å². The van der Waals surface area contributed by atoms with Gasteiger partial charge in [-0.3, -0.25) is 9.36 Å². The Labute approximate surface area is 175 Å². The van der Waals surface area contributed by atoms with Crippen LogP contribution in [0.5, 0.6) is 0 Å². The van der Waals surface area contributed by atoms with Crippen LogP contribution >= 0.6 is 11.6 Å². The summed E-state index contributed by atoms with van der Waals surface area (Å²) in [6.45, 7) is 2.14. The van der Waals surface area contributed by atoms with E-state index in [2.05, 4.69) is 37.1 Å². The number of benzene rings is 1. The monoisotopic (exact) mass is 423 g/mol. The summed E-state index contributed by atoms with van der Waals surface area (Å²) in [6, 6.07) is 7.95. The van der Waals surface area contributed by atoms with Crippen LogP contribution in [0.4, 0.5) is 5.69 Å². The number of halogens is 1. The molecule has 2 atom stereocenters. The van der Waals surface area contributed by atoms with Crippen molar-refractivity contribution >= 4 is 28.5 Å². The number of aryl methyl sites for hydroxylation is 1. The first-order valence-electron chi connectivity index (χ1n) is 9.78. The molecule has 2 unspecified atom stereocenters. The Balaban J connectivity index is 1.16. The average Bonchev–Trinajstić information content (AvgIpc) is 3.16. The first-order chi connectivity index (χ1) is 14.6. The second-order valence-corrected chi connectivity index (χ2v) is 8.42. The van der Waals surface area contributed by atoms with E-state index in [1.54, 1.807) is 17.9 Å². The van der Waals surface area contributed by atoms with E-state index >= 15 is 0 Å². The van der Waals surface area contributed by atoms with Crippen LogP contribution < -0.4 is 10.5 Å². The Kier molecular flexibility index (Phi) is 3.76. The molecule has 9 nitrogen and oxygen atoms in total. The van der Waals surface area contributed by atoms with Crippen LogP contribution in [0.25, 0.3) is 11.2 Å². The smallest absolute Gasteiger partial charge is 0.280 e. The first kappa shape index (κ1) is 17.6. The van der Waals surface area contributed by atoms with Crippen LogP contribution in [0.1, 0.15) is 17.6 Å². The third-order valence-electron chi connectivity index (χ3n) is 6.17. The third-order valence-corrected chi connectivity index (χ3v) is 6.43. The van der Waals surface area contributed by atoms with E-state index in [0.29, 0.717) is 34.8 Å². The van der Waals surface area contributed by atoms with Gasteiger partial charge in [0, 0.05) is 36.8 Å². The van der Waals surface area contributed by atoms with E-state index in [4.69, 9.17) is 16.1 Å². The Bertz CT molecular complexity index is 1300. The number of anilines is 1. The lowest BCUT2D eigenvalue weighted by Gasteiger charge is -2.21. The van der Waals surface area contributed by atoms with Crippen molar-refractivity contribution in [1.82, 2.24) is 29.2 Å². The maximum Gasteiger partial charge on any atom is 0.280 e. The molecule has 1 saturated heterocycles. The van der Waals surface area contributed by atoms with Crippen molar-refractivity contribution in [2.45, 2.75) is 12.5 Å². The number of aromatic nitrogens is 6. The maximum atomic E-state index is 12.7. The van der Waals surface area contributed by atoms with Gasteiger partial charge >= 0.3 is 0 Å². The van der Waals surface area contributed by atoms with Crippen molar-refractivity contribution in [3.63, 3.8) is 0 Å². The SMILES string of the molecule is Cn1cnc2ncn(Cc3nc(C4C5CN(c6ccc(Cl)cc6)CC54)no3)c(=O)c21. The van der Waals surface area contributed by atoms with Crippen LogP contribution in [0.2, 0.25) is 5.02 Å². The van der Waals surface area contributed by atoms with Crippen molar-refractivity contribution in [2.24, 2.45) is 18.9 Å². The summed E-state index contributed by atoms with van der Waals surface area (Å²) in [5, 5.41) is 4.94. The number of piperidine rings is 1.